The van der Waals surface area contributed by atoms with Gasteiger partial charge in [0.2, 0.25) is 0 Å². The Balaban J connectivity index is 2.26. The van der Waals surface area contributed by atoms with E-state index in [1.165, 1.54) is 0 Å². The number of nitrogens with zero attached hydrogens (tertiary/aromatic N) is 2. The van der Waals surface area contributed by atoms with E-state index in [-0.39, 0.29) is 5.75 Å². The average Bonchev–Trinajstić information content (AvgIpc) is 2.82. The fourth-order valence-corrected chi connectivity index (χ4v) is 2.19. The van der Waals surface area contributed by atoms with Crippen molar-refractivity contribution in [2.24, 2.45) is 0 Å². The minimum absolute atomic E-state index is 0.164. The number of para-hydroxylation sites is 2. The second-order valence-electron chi connectivity index (χ2n) is 4.04. The zero-order valence-electron chi connectivity index (χ0n) is 9.95. The maximum atomic E-state index is 9.97. The number of benzene rings is 2. The van der Waals surface area contributed by atoms with E-state index in [1.54, 1.807) is 22.8 Å². The van der Waals surface area contributed by atoms with Crippen molar-refractivity contribution in [3.8, 4) is 22.8 Å². The van der Waals surface area contributed by atoms with Crippen LogP contribution in [0.2, 0.25) is 0 Å². The summed E-state index contributed by atoms with van der Waals surface area (Å²) in [5, 5.41) is 17.0. The summed E-state index contributed by atoms with van der Waals surface area (Å²) < 4.78 is 2.17. The molecular weight excluding hydrogens is 258 g/mol. The van der Waals surface area contributed by atoms with Crippen LogP contribution in [0.3, 0.4) is 0 Å². The summed E-state index contributed by atoms with van der Waals surface area (Å²) in [6.07, 6.45) is 0. The van der Waals surface area contributed by atoms with Gasteiger partial charge in [-0.2, -0.15) is 5.10 Å². The highest BCUT2D eigenvalue weighted by Gasteiger charge is 2.12. The zero-order chi connectivity index (χ0) is 13.2. The Morgan fingerprint density at radius 3 is 2.42 bits per heavy atom. The van der Waals surface area contributed by atoms with Crippen molar-refractivity contribution in [2.75, 3.05) is 0 Å². The van der Waals surface area contributed by atoms with E-state index in [9.17, 15) is 5.11 Å². The van der Waals surface area contributed by atoms with E-state index >= 15 is 0 Å². The molecule has 0 fully saturated rings. The summed E-state index contributed by atoms with van der Waals surface area (Å²) in [6.45, 7) is 0. The van der Waals surface area contributed by atoms with Gasteiger partial charge in [-0.15, -0.1) is 0 Å². The molecule has 4 nitrogen and oxygen atoms in total. The van der Waals surface area contributed by atoms with Gasteiger partial charge in [0.05, 0.1) is 5.69 Å². The summed E-state index contributed by atoms with van der Waals surface area (Å²) in [7, 11) is 0. The Hall–Kier alpha value is -2.40. The van der Waals surface area contributed by atoms with Crippen molar-refractivity contribution >= 4 is 12.2 Å². The van der Waals surface area contributed by atoms with Crippen molar-refractivity contribution in [3.05, 3.63) is 59.4 Å². The number of hydrogen-bond donors (Lipinski definition) is 2. The van der Waals surface area contributed by atoms with E-state index in [1.807, 2.05) is 36.4 Å². The Bertz CT molecular complexity index is 762. The molecule has 0 unspecified atom stereocenters. The normalized spacial score (nSPS) is 10.5. The van der Waals surface area contributed by atoms with Crippen molar-refractivity contribution in [1.82, 2.24) is 14.8 Å². The molecule has 3 rings (SSSR count). The average molecular weight is 269 g/mol. The van der Waals surface area contributed by atoms with Crippen LogP contribution in [0.15, 0.2) is 54.6 Å². The third-order valence-electron chi connectivity index (χ3n) is 2.83. The van der Waals surface area contributed by atoms with Gasteiger partial charge in [0.1, 0.15) is 5.75 Å². The Labute approximate surface area is 115 Å². The van der Waals surface area contributed by atoms with Gasteiger partial charge in [0, 0.05) is 5.56 Å². The number of nitrogens with one attached hydrogen (secondary N) is 1. The maximum Gasteiger partial charge on any atom is 0.200 e. The first-order valence-corrected chi connectivity index (χ1v) is 6.19. The number of phenols is 1. The lowest BCUT2D eigenvalue weighted by molar-refractivity contribution is 0.472. The van der Waals surface area contributed by atoms with Crippen molar-refractivity contribution in [1.29, 1.82) is 0 Å². The van der Waals surface area contributed by atoms with E-state index in [2.05, 4.69) is 10.2 Å². The molecule has 0 saturated carbocycles. The number of aromatic nitrogens is 3. The molecule has 0 saturated heterocycles. The number of hydrogen-bond acceptors (Lipinski definition) is 3. The third-order valence-corrected chi connectivity index (χ3v) is 3.10. The second-order valence-corrected chi connectivity index (χ2v) is 4.43. The van der Waals surface area contributed by atoms with Gasteiger partial charge in [0.25, 0.3) is 0 Å². The molecule has 0 aliphatic carbocycles. The minimum Gasteiger partial charge on any atom is -0.506 e. The highest BCUT2D eigenvalue weighted by molar-refractivity contribution is 7.71. The first-order chi connectivity index (χ1) is 9.27. The van der Waals surface area contributed by atoms with E-state index in [0.29, 0.717) is 16.3 Å². The molecule has 19 heavy (non-hydrogen) atoms. The molecular formula is C14H11N3OS. The molecule has 0 aliphatic heterocycles. The summed E-state index contributed by atoms with van der Waals surface area (Å²) in [4.78, 5) is 0. The highest BCUT2D eigenvalue weighted by Crippen LogP contribution is 2.26. The molecule has 0 bridgehead atoms. The SMILES string of the molecule is Oc1ccccc1-n1c(-c2ccccc2)n[nH]c1=S. The summed E-state index contributed by atoms with van der Waals surface area (Å²) >= 11 is 5.25. The largest absolute Gasteiger partial charge is 0.506 e. The van der Waals surface area contributed by atoms with Gasteiger partial charge in [-0.25, -0.2) is 0 Å². The van der Waals surface area contributed by atoms with Crippen LogP contribution in [-0.4, -0.2) is 19.9 Å². The smallest absolute Gasteiger partial charge is 0.200 e. The van der Waals surface area contributed by atoms with Crippen molar-refractivity contribution in [2.45, 2.75) is 0 Å². The van der Waals surface area contributed by atoms with Gasteiger partial charge < -0.3 is 5.11 Å². The minimum atomic E-state index is 0.164. The van der Waals surface area contributed by atoms with Crippen LogP contribution < -0.4 is 0 Å². The number of aromatic amines is 1. The monoisotopic (exact) mass is 269 g/mol. The maximum absolute atomic E-state index is 9.97. The number of rotatable bonds is 2. The van der Waals surface area contributed by atoms with Crippen molar-refractivity contribution < 1.29 is 5.11 Å². The Morgan fingerprint density at radius 1 is 1.00 bits per heavy atom. The molecule has 1 aromatic heterocycles. The molecule has 0 radical (unpaired) electrons. The van der Waals surface area contributed by atoms with Crippen LogP contribution in [0.1, 0.15) is 0 Å². The van der Waals surface area contributed by atoms with Gasteiger partial charge in [0.15, 0.2) is 10.6 Å². The molecule has 2 N–H and O–H groups in total. The van der Waals surface area contributed by atoms with E-state index in [4.69, 9.17) is 12.2 Å². The van der Waals surface area contributed by atoms with Gasteiger partial charge in [-0.1, -0.05) is 42.5 Å². The number of phenolic OH excluding ortho intramolecular Hbond substituents is 1. The van der Waals surface area contributed by atoms with Gasteiger partial charge in [-0.05, 0) is 24.4 Å². The lowest BCUT2D eigenvalue weighted by Gasteiger charge is -2.08. The summed E-state index contributed by atoms with van der Waals surface area (Å²) in [5.74, 6) is 0.837. The molecule has 5 heteroatoms. The lowest BCUT2D eigenvalue weighted by atomic mass is 10.2. The standard InChI is InChI=1S/C14H11N3OS/c18-12-9-5-4-8-11(12)17-13(15-16-14(17)19)10-6-2-1-3-7-10/h1-9,18H,(H,16,19). The molecule has 0 amide bonds. The van der Waals surface area contributed by atoms with Crippen LogP contribution in [0.5, 0.6) is 5.75 Å². The third kappa shape index (κ3) is 2.04. The molecule has 3 aromatic rings. The number of H-pyrrole nitrogens is 1. The van der Waals surface area contributed by atoms with E-state index in [0.717, 1.165) is 5.56 Å². The molecule has 2 aromatic carbocycles. The first kappa shape index (κ1) is 11.7. The van der Waals surface area contributed by atoms with Crippen LogP contribution in [-0.2, 0) is 0 Å². The molecule has 1 heterocycles. The first-order valence-electron chi connectivity index (χ1n) is 5.78. The summed E-state index contributed by atoms with van der Waals surface area (Å²) in [5.41, 5.74) is 1.54. The predicted molar refractivity (Wildman–Crippen MR) is 75.8 cm³/mol. The predicted octanol–water partition coefficient (Wildman–Crippen LogP) is 3.30. The fourth-order valence-electron chi connectivity index (χ4n) is 1.95. The summed E-state index contributed by atoms with van der Waals surface area (Å²) in [6, 6.07) is 16.7. The highest BCUT2D eigenvalue weighted by atomic mass is 32.1. The molecule has 0 spiro atoms. The quantitative estimate of drug-likeness (QED) is 0.702. The number of aromatic hydroxyl groups is 1. The van der Waals surface area contributed by atoms with Gasteiger partial charge in [-0.3, -0.25) is 9.67 Å². The molecule has 94 valence electrons. The zero-order valence-corrected chi connectivity index (χ0v) is 10.8. The second kappa shape index (κ2) is 4.70. The van der Waals surface area contributed by atoms with Crippen molar-refractivity contribution in [3.63, 3.8) is 0 Å². The topological polar surface area (TPSA) is 53.8 Å². The van der Waals surface area contributed by atoms with Crippen LogP contribution >= 0.6 is 12.2 Å². The van der Waals surface area contributed by atoms with Crippen LogP contribution in [0, 0.1) is 4.77 Å². The Morgan fingerprint density at radius 2 is 1.68 bits per heavy atom. The molecule has 0 atom stereocenters. The van der Waals surface area contributed by atoms with Crippen LogP contribution in [0.25, 0.3) is 17.1 Å². The molecule has 0 aliphatic rings. The van der Waals surface area contributed by atoms with Crippen LogP contribution in [0.4, 0.5) is 0 Å². The lowest BCUT2D eigenvalue weighted by Crippen LogP contribution is -1.97. The fraction of sp³-hybridized carbons (Fsp3) is 0. The van der Waals surface area contributed by atoms with E-state index < -0.39 is 0 Å². The van der Waals surface area contributed by atoms with Gasteiger partial charge >= 0.3 is 0 Å². The Kier molecular flexibility index (Phi) is 2.89.